The maximum Gasteiger partial charge on any atom is 0.277 e. The minimum Gasteiger partial charge on any atom is -0.332 e. The number of pyridine rings is 1. The summed E-state index contributed by atoms with van der Waals surface area (Å²) >= 11 is 3.26. The zero-order chi connectivity index (χ0) is 17.5. The summed E-state index contributed by atoms with van der Waals surface area (Å²) in [5, 5.41) is 12.6. The molecule has 1 aliphatic heterocycles. The predicted octanol–water partition coefficient (Wildman–Crippen LogP) is 3.94. The molecular weight excluding hydrogens is 366 g/mol. The van der Waals surface area contributed by atoms with Crippen molar-refractivity contribution >= 4 is 22.7 Å². The van der Waals surface area contributed by atoms with Crippen molar-refractivity contribution in [3.8, 4) is 32.9 Å². The highest BCUT2D eigenvalue weighted by Crippen LogP contribution is 2.33. The van der Waals surface area contributed by atoms with E-state index in [0.717, 1.165) is 40.7 Å². The summed E-state index contributed by atoms with van der Waals surface area (Å²) in [7, 11) is 0. The van der Waals surface area contributed by atoms with Gasteiger partial charge in [0.1, 0.15) is 10.7 Å². The van der Waals surface area contributed by atoms with E-state index in [-0.39, 0.29) is 0 Å². The third kappa shape index (κ3) is 2.66. The van der Waals surface area contributed by atoms with Crippen LogP contribution in [0.25, 0.3) is 32.9 Å². The van der Waals surface area contributed by atoms with Gasteiger partial charge >= 0.3 is 0 Å². The Morgan fingerprint density at radius 3 is 3.08 bits per heavy atom. The van der Waals surface area contributed by atoms with E-state index in [1.807, 2.05) is 29.9 Å². The summed E-state index contributed by atoms with van der Waals surface area (Å²) in [5.41, 5.74) is 5.11. The topological polar surface area (TPSA) is 76.7 Å². The average molecular weight is 381 g/mol. The zero-order valence-electron chi connectivity index (χ0n) is 14.0. The predicted molar refractivity (Wildman–Crippen MR) is 102 cm³/mol. The quantitative estimate of drug-likeness (QED) is 0.579. The number of fused-ring (bicyclic) bond motifs is 1. The van der Waals surface area contributed by atoms with E-state index in [1.54, 1.807) is 22.7 Å². The first-order valence-corrected chi connectivity index (χ1v) is 10.1. The molecule has 5 heterocycles. The number of hydrogen-bond donors (Lipinski definition) is 1. The van der Waals surface area contributed by atoms with Gasteiger partial charge in [-0.15, -0.1) is 22.7 Å². The molecule has 0 radical (unpaired) electrons. The van der Waals surface area contributed by atoms with Gasteiger partial charge in [0.15, 0.2) is 0 Å². The van der Waals surface area contributed by atoms with Crippen LogP contribution in [0, 0.1) is 6.92 Å². The smallest absolute Gasteiger partial charge is 0.277 e. The van der Waals surface area contributed by atoms with Crippen LogP contribution in [0.5, 0.6) is 0 Å². The molecule has 0 fully saturated rings. The first-order chi connectivity index (χ1) is 12.8. The Labute approximate surface area is 158 Å². The lowest BCUT2D eigenvalue weighted by Crippen LogP contribution is -2.24. The Balaban J connectivity index is 1.54. The van der Waals surface area contributed by atoms with E-state index < -0.39 is 0 Å². The first-order valence-electron chi connectivity index (χ1n) is 8.31. The van der Waals surface area contributed by atoms with Gasteiger partial charge in [0, 0.05) is 29.4 Å². The average Bonchev–Trinajstić information content (AvgIpc) is 3.41. The van der Waals surface area contributed by atoms with Crippen molar-refractivity contribution in [1.29, 1.82) is 0 Å². The van der Waals surface area contributed by atoms with Gasteiger partial charge in [-0.2, -0.15) is 4.98 Å². The van der Waals surface area contributed by atoms with Crippen LogP contribution < -0.4 is 5.32 Å². The van der Waals surface area contributed by atoms with E-state index in [4.69, 9.17) is 4.52 Å². The molecule has 0 bridgehead atoms. The Bertz CT molecular complexity index is 1070. The fraction of sp³-hybridized carbons (Fsp3) is 0.222. The number of aromatic nitrogens is 4. The fourth-order valence-electron chi connectivity index (χ4n) is 3.18. The molecule has 130 valence electrons. The first kappa shape index (κ1) is 15.8. The largest absolute Gasteiger partial charge is 0.332 e. The fourth-order valence-corrected chi connectivity index (χ4v) is 4.79. The normalized spacial score (nSPS) is 13.7. The molecule has 0 aromatic carbocycles. The van der Waals surface area contributed by atoms with E-state index in [1.165, 1.54) is 11.1 Å². The molecule has 1 N–H and O–H groups in total. The van der Waals surface area contributed by atoms with Crippen molar-refractivity contribution in [3.05, 3.63) is 45.9 Å². The van der Waals surface area contributed by atoms with Crippen molar-refractivity contribution in [1.82, 2.24) is 25.4 Å². The second-order valence-electron chi connectivity index (χ2n) is 6.09. The molecule has 0 amide bonds. The van der Waals surface area contributed by atoms with Crippen LogP contribution in [-0.4, -0.2) is 26.7 Å². The second kappa shape index (κ2) is 6.39. The van der Waals surface area contributed by atoms with Crippen LogP contribution >= 0.6 is 22.7 Å². The molecule has 6 nitrogen and oxygen atoms in total. The lowest BCUT2D eigenvalue weighted by molar-refractivity contribution is 0.431. The molecule has 0 saturated heterocycles. The summed E-state index contributed by atoms with van der Waals surface area (Å²) in [6.45, 7) is 3.77. The van der Waals surface area contributed by atoms with E-state index in [2.05, 4.69) is 31.5 Å². The van der Waals surface area contributed by atoms with Crippen molar-refractivity contribution in [2.24, 2.45) is 0 Å². The maximum atomic E-state index is 5.52. The number of nitrogens with one attached hydrogen (secondary N) is 1. The molecule has 0 saturated carbocycles. The minimum atomic E-state index is 0.449. The number of nitrogens with zero attached hydrogens (tertiary/aromatic N) is 4. The zero-order valence-corrected chi connectivity index (χ0v) is 15.7. The van der Waals surface area contributed by atoms with Gasteiger partial charge in [-0.05, 0) is 42.5 Å². The van der Waals surface area contributed by atoms with E-state index >= 15 is 0 Å². The van der Waals surface area contributed by atoms with Gasteiger partial charge in [0.2, 0.25) is 5.82 Å². The summed E-state index contributed by atoms with van der Waals surface area (Å²) in [6.07, 6.45) is 2.88. The lowest BCUT2D eigenvalue weighted by atomic mass is 9.95. The molecule has 1 aliphatic rings. The van der Waals surface area contributed by atoms with Crippen LogP contribution in [0.4, 0.5) is 0 Å². The molecule has 0 atom stereocenters. The maximum absolute atomic E-state index is 5.52. The number of aryl methyl sites for hydroxylation is 1. The Hall–Kier alpha value is -2.42. The number of thiazole rings is 1. The minimum absolute atomic E-state index is 0.449. The van der Waals surface area contributed by atoms with Crippen molar-refractivity contribution in [2.45, 2.75) is 19.9 Å². The van der Waals surface area contributed by atoms with E-state index in [0.29, 0.717) is 17.4 Å². The highest BCUT2D eigenvalue weighted by atomic mass is 32.1. The van der Waals surface area contributed by atoms with E-state index in [9.17, 15) is 0 Å². The molecule has 26 heavy (non-hydrogen) atoms. The van der Waals surface area contributed by atoms with Crippen LogP contribution in [-0.2, 0) is 13.0 Å². The standard InChI is InChI=1S/C18H15N5OS2/c1-10-15(12-4-5-19-7-11(12)8-20-10)16-22-17(24-23-16)13-9-26-18(21-13)14-3-2-6-25-14/h2-3,6,8-9,19H,4-5,7H2,1H3. The molecule has 4 aromatic rings. The summed E-state index contributed by atoms with van der Waals surface area (Å²) in [4.78, 5) is 14.9. The summed E-state index contributed by atoms with van der Waals surface area (Å²) < 4.78 is 5.52. The van der Waals surface area contributed by atoms with Gasteiger partial charge in [-0.25, -0.2) is 4.98 Å². The molecule has 8 heteroatoms. The van der Waals surface area contributed by atoms with Crippen molar-refractivity contribution in [2.75, 3.05) is 6.54 Å². The van der Waals surface area contributed by atoms with Gasteiger partial charge in [0.05, 0.1) is 4.88 Å². The lowest BCUT2D eigenvalue weighted by Gasteiger charge is -2.19. The van der Waals surface area contributed by atoms with Gasteiger partial charge in [-0.3, -0.25) is 4.98 Å². The highest BCUT2D eigenvalue weighted by molar-refractivity contribution is 7.20. The van der Waals surface area contributed by atoms with Crippen LogP contribution in [0.15, 0.2) is 33.6 Å². The van der Waals surface area contributed by atoms with Gasteiger partial charge < -0.3 is 9.84 Å². The van der Waals surface area contributed by atoms with Crippen LogP contribution in [0.1, 0.15) is 16.8 Å². The van der Waals surface area contributed by atoms with Gasteiger partial charge in [0.25, 0.3) is 5.89 Å². The van der Waals surface area contributed by atoms with Gasteiger partial charge in [-0.1, -0.05) is 11.2 Å². The molecule has 0 spiro atoms. The number of rotatable bonds is 3. The van der Waals surface area contributed by atoms with Crippen LogP contribution in [0.3, 0.4) is 0 Å². The van der Waals surface area contributed by atoms with Crippen molar-refractivity contribution in [3.63, 3.8) is 0 Å². The Morgan fingerprint density at radius 1 is 1.23 bits per heavy atom. The van der Waals surface area contributed by atoms with Crippen LogP contribution in [0.2, 0.25) is 0 Å². The third-order valence-electron chi connectivity index (χ3n) is 4.44. The monoisotopic (exact) mass is 381 g/mol. The summed E-state index contributed by atoms with van der Waals surface area (Å²) in [6, 6.07) is 4.08. The number of thiophene rings is 1. The molecule has 0 aliphatic carbocycles. The number of hydrogen-bond acceptors (Lipinski definition) is 8. The Morgan fingerprint density at radius 2 is 2.19 bits per heavy atom. The second-order valence-corrected chi connectivity index (χ2v) is 7.89. The van der Waals surface area contributed by atoms with Crippen molar-refractivity contribution < 1.29 is 4.52 Å². The molecule has 4 aromatic heterocycles. The SMILES string of the molecule is Cc1ncc2c(c1-c1noc(-c3csc(-c4cccs4)n3)n1)CCNC2. The molecular formula is C18H15N5OS2. The summed E-state index contributed by atoms with van der Waals surface area (Å²) in [5.74, 6) is 1.04. The third-order valence-corrected chi connectivity index (χ3v) is 6.32. The molecule has 0 unspecified atom stereocenters. The highest BCUT2D eigenvalue weighted by Gasteiger charge is 2.22. The Kier molecular flexibility index (Phi) is 3.88. The molecule has 5 rings (SSSR count).